The molecule has 18 heavy (non-hydrogen) atoms. The fourth-order valence-electron chi connectivity index (χ4n) is 1.69. The van der Waals surface area contributed by atoms with Gasteiger partial charge >= 0.3 is 0 Å². The van der Waals surface area contributed by atoms with Crippen molar-refractivity contribution < 1.29 is 4.79 Å². The number of benzene rings is 2. The van der Waals surface area contributed by atoms with Crippen molar-refractivity contribution in [1.29, 1.82) is 0 Å². The molecule has 2 nitrogen and oxygen atoms in total. The van der Waals surface area contributed by atoms with Gasteiger partial charge in [0.2, 0.25) is 0 Å². The van der Waals surface area contributed by atoms with Gasteiger partial charge in [0.1, 0.15) is 0 Å². The summed E-state index contributed by atoms with van der Waals surface area (Å²) in [7, 11) is 0. The van der Waals surface area contributed by atoms with Crippen molar-refractivity contribution in [1.82, 2.24) is 0 Å². The average Bonchev–Trinajstić information content (AvgIpc) is 2.36. The van der Waals surface area contributed by atoms with Crippen LogP contribution < -0.4 is 5.73 Å². The molecule has 0 spiro atoms. The van der Waals surface area contributed by atoms with Crippen LogP contribution in [-0.2, 0) is 6.42 Å². The molecule has 0 aromatic heterocycles. The van der Waals surface area contributed by atoms with Crippen LogP contribution in [0.2, 0.25) is 10.0 Å². The molecule has 2 N–H and O–H groups in total. The van der Waals surface area contributed by atoms with E-state index < -0.39 is 0 Å². The monoisotopic (exact) mass is 279 g/mol. The molecule has 0 aliphatic carbocycles. The Labute approximate surface area is 115 Å². The highest BCUT2D eigenvalue weighted by atomic mass is 35.5. The fraction of sp³-hybridized carbons (Fsp3) is 0.0714. The van der Waals surface area contributed by atoms with E-state index in [9.17, 15) is 4.79 Å². The molecule has 0 fully saturated rings. The van der Waals surface area contributed by atoms with Crippen LogP contribution in [0.3, 0.4) is 0 Å². The molecular weight excluding hydrogens is 269 g/mol. The second kappa shape index (κ2) is 5.42. The maximum atomic E-state index is 12.2. The quantitative estimate of drug-likeness (QED) is 0.682. The van der Waals surface area contributed by atoms with Crippen LogP contribution in [0.4, 0.5) is 5.69 Å². The lowest BCUT2D eigenvalue weighted by atomic mass is 10.0. The van der Waals surface area contributed by atoms with Crippen LogP contribution in [0.1, 0.15) is 15.9 Å². The molecule has 0 saturated heterocycles. The number of rotatable bonds is 3. The number of Topliss-reactive ketones (excluding diaryl/α,β-unsaturated/α-hetero) is 1. The maximum absolute atomic E-state index is 12.2. The number of anilines is 1. The van der Waals surface area contributed by atoms with Gasteiger partial charge in [-0.15, -0.1) is 0 Å². The van der Waals surface area contributed by atoms with Crippen LogP contribution in [0.15, 0.2) is 42.5 Å². The first-order valence-electron chi connectivity index (χ1n) is 5.40. The van der Waals surface area contributed by atoms with E-state index in [0.29, 0.717) is 16.3 Å². The predicted molar refractivity (Wildman–Crippen MR) is 75.4 cm³/mol. The largest absolute Gasteiger partial charge is 0.398 e. The Balaban J connectivity index is 2.33. The van der Waals surface area contributed by atoms with Crippen molar-refractivity contribution >= 4 is 34.7 Å². The molecule has 0 aliphatic rings. The van der Waals surface area contributed by atoms with E-state index in [2.05, 4.69) is 0 Å². The zero-order chi connectivity index (χ0) is 13.1. The molecule has 0 aliphatic heterocycles. The number of nitrogens with two attached hydrogens (primary N) is 1. The number of hydrogen-bond acceptors (Lipinski definition) is 2. The average molecular weight is 280 g/mol. The standard InChI is InChI=1S/C14H11Cl2NO/c15-10-6-7-11(17)14(16)13(10)12(18)8-9-4-2-1-3-5-9/h1-7H,8,17H2. The van der Waals surface area contributed by atoms with Crippen molar-refractivity contribution in [3.8, 4) is 0 Å². The van der Waals surface area contributed by atoms with Gasteiger partial charge in [0.15, 0.2) is 5.78 Å². The van der Waals surface area contributed by atoms with E-state index in [1.807, 2.05) is 30.3 Å². The van der Waals surface area contributed by atoms with E-state index >= 15 is 0 Å². The Morgan fingerprint density at radius 2 is 1.72 bits per heavy atom. The van der Waals surface area contributed by atoms with E-state index in [1.54, 1.807) is 12.1 Å². The van der Waals surface area contributed by atoms with E-state index in [-0.39, 0.29) is 17.2 Å². The number of halogens is 2. The highest BCUT2D eigenvalue weighted by molar-refractivity contribution is 6.41. The van der Waals surface area contributed by atoms with Gasteiger partial charge in [0.05, 0.1) is 21.3 Å². The lowest BCUT2D eigenvalue weighted by Gasteiger charge is -2.08. The SMILES string of the molecule is Nc1ccc(Cl)c(C(=O)Cc2ccccc2)c1Cl. The molecule has 92 valence electrons. The van der Waals surface area contributed by atoms with Gasteiger partial charge in [0, 0.05) is 6.42 Å². The smallest absolute Gasteiger partial charge is 0.170 e. The number of nitrogen functional groups attached to an aromatic ring is 1. The third-order valence-electron chi connectivity index (χ3n) is 2.61. The summed E-state index contributed by atoms with van der Waals surface area (Å²) < 4.78 is 0. The fourth-order valence-corrected chi connectivity index (χ4v) is 2.28. The molecule has 0 bridgehead atoms. The predicted octanol–water partition coefficient (Wildman–Crippen LogP) is 4.00. The van der Waals surface area contributed by atoms with Crippen molar-refractivity contribution in [2.24, 2.45) is 0 Å². The molecule has 0 amide bonds. The van der Waals surface area contributed by atoms with Crippen molar-refractivity contribution in [2.45, 2.75) is 6.42 Å². The summed E-state index contributed by atoms with van der Waals surface area (Å²) >= 11 is 12.0. The highest BCUT2D eigenvalue weighted by Gasteiger charge is 2.17. The van der Waals surface area contributed by atoms with Crippen LogP contribution in [0.5, 0.6) is 0 Å². The van der Waals surface area contributed by atoms with Crippen molar-refractivity contribution in [2.75, 3.05) is 5.73 Å². The van der Waals surface area contributed by atoms with Gasteiger partial charge in [0.25, 0.3) is 0 Å². The first-order valence-corrected chi connectivity index (χ1v) is 6.16. The van der Waals surface area contributed by atoms with E-state index in [4.69, 9.17) is 28.9 Å². The van der Waals surface area contributed by atoms with Crippen LogP contribution >= 0.6 is 23.2 Å². The number of ketones is 1. The summed E-state index contributed by atoms with van der Waals surface area (Å²) in [6.45, 7) is 0. The normalized spacial score (nSPS) is 10.3. The zero-order valence-corrected chi connectivity index (χ0v) is 11.0. The minimum Gasteiger partial charge on any atom is -0.398 e. The summed E-state index contributed by atoms with van der Waals surface area (Å²) in [5.41, 5.74) is 7.24. The molecule has 0 atom stereocenters. The first kappa shape index (κ1) is 12.9. The zero-order valence-electron chi connectivity index (χ0n) is 9.49. The molecule has 2 rings (SSSR count). The molecule has 0 unspecified atom stereocenters. The molecule has 0 saturated carbocycles. The van der Waals surface area contributed by atoms with Crippen LogP contribution in [-0.4, -0.2) is 5.78 Å². The summed E-state index contributed by atoms with van der Waals surface area (Å²) in [4.78, 5) is 12.2. The molecule has 0 radical (unpaired) electrons. The minimum atomic E-state index is -0.136. The van der Waals surface area contributed by atoms with Gasteiger partial charge in [-0.1, -0.05) is 53.5 Å². The van der Waals surface area contributed by atoms with Gasteiger partial charge in [-0.25, -0.2) is 0 Å². The highest BCUT2D eigenvalue weighted by Crippen LogP contribution is 2.30. The van der Waals surface area contributed by atoms with Crippen LogP contribution in [0.25, 0.3) is 0 Å². The Bertz CT molecular complexity index is 582. The number of carbonyl (C=O) groups is 1. The van der Waals surface area contributed by atoms with E-state index in [1.165, 1.54) is 0 Å². The summed E-state index contributed by atoms with van der Waals surface area (Å²) in [6.07, 6.45) is 0.254. The van der Waals surface area contributed by atoms with Gasteiger partial charge in [-0.3, -0.25) is 4.79 Å². The molecule has 2 aromatic carbocycles. The first-order chi connectivity index (χ1) is 8.59. The third kappa shape index (κ3) is 2.66. The second-order valence-electron chi connectivity index (χ2n) is 3.91. The van der Waals surface area contributed by atoms with Crippen LogP contribution in [0, 0.1) is 0 Å². The second-order valence-corrected chi connectivity index (χ2v) is 4.70. The summed E-state index contributed by atoms with van der Waals surface area (Å²) in [5.74, 6) is -0.136. The van der Waals surface area contributed by atoms with E-state index in [0.717, 1.165) is 5.56 Å². The van der Waals surface area contributed by atoms with Crippen molar-refractivity contribution in [3.05, 3.63) is 63.6 Å². The Morgan fingerprint density at radius 3 is 2.39 bits per heavy atom. The lowest BCUT2D eigenvalue weighted by molar-refractivity contribution is 0.0993. The summed E-state index contributed by atoms with van der Waals surface area (Å²) in [5, 5.41) is 0.554. The molecule has 0 heterocycles. The minimum absolute atomic E-state index is 0.136. The van der Waals surface area contributed by atoms with Gasteiger partial charge < -0.3 is 5.73 Å². The third-order valence-corrected chi connectivity index (χ3v) is 3.33. The Kier molecular flexibility index (Phi) is 3.90. The molecule has 4 heteroatoms. The van der Waals surface area contributed by atoms with Crippen molar-refractivity contribution in [3.63, 3.8) is 0 Å². The van der Waals surface area contributed by atoms with Gasteiger partial charge in [-0.05, 0) is 17.7 Å². The number of carbonyl (C=O) groups excluding carboxylic acids is 1. The Morgan fingerprint density at radius 1 is 1.06 bits per heavy atom. The van der Waals surface area contributed by atoms with Gasteiger partial charge in [-0.2, -0.15) is 0 Å². The summed E-state index contributed by atoms with van der Waals surface area (Å²) in [6, 6.07) is 12.6. The molecular formula is C14H11Cl2NO. The Hall–Kier alpha value is -1.51. The molecule has 2 aromatic rings. The maximum Gasteiger partial charge on any atom is 0.170 e. The lowest BCUT2D eigenvalue weighted by Crippen LogP contribution is -2.06. The number of hydrogen-bond donors (Lipinski definition) is 1. The topological polar surface area (TPSA) is 43.1 Å².